The van der Waals surface area contributed by atoms with Crippen LogP contribution in [-0.4, -0.2) is 55.1 Å². The van der Waals surface area contributed by atoms with Crippen molar-refractivity contribution in [2.75, 3.05) is 25.4 Å². The highest BCUT2D eigenvalue weighted by Crippen LogP contribution is 2.67. The number of halogens is 1. The largest absolute Gasteiger partial charge is 0.460 e. The van der Waals surface area contributed by atoms with Crippen molar-refractivity contribution in [2.45, 2.75) is 62.8 Å². The minimum Gasteiger partial charge on any atom is -0.460 e. The van der Waals surface area contributed by atoms with Crippen molar-refractivity contribution in [2.24, 2.45) is 16.7 Å². The zero-order chi connectivity index (χ0) is 23.4. The number of fused-ring (bicyclic) bond motifs is 2. The van der Waals surface area contributed by atoms with Crippen molar-refractivity contribution in [1.82, 2.24) is 9.62 Å². The highest BCUT2D eigenvalue weighted by Gasteiger charge is 2.68. The van der Waals surface area contributed by atoms with E-state index in [-0.39, 0.29) is 23.2 Å². The second-order valence-corrected chi connectivity index (χ2v) is 13.6. The van der Waals surface area contributed by atoms with Crippen molar-refractivity contribution in [1.29, 1.82) is 0 Å². The summed E-state index contributed by atoms with van der Waals surface area (Å²) in [6, 6.07) is 7.38. The van der Waals surface area contributed by atoms with Crippen molar-refractivity contribution >= 4 is 39.4 Å². The molecular formula is C23H33ClN2O4S2. The average molecular weight is 501 g/mol. The Hall–Kier alpha value is -0.800. The molecule has 1 aliphatic heterocycles. The molecule has 9 heteroatoms. The van der Waals surface area contributed by atoms with Crippen LogP contribution in [0, 0.1) is 16.7 Å². The SMILES string of the molecule is CCN(CC)S(=O)(=O)C[C@]12CC[C@H](C[C@H]1OC(=O)[C@@]1(Sc3ccc(Cl)cc3)CN1)C2(C)C. The van der Waals surface area contributed by atoms with Crippen LogP contribution in [-0.2, 0) is 19.6 Å². The highest BCUT2D eigenvalue weighted by atomic mass is 35.5. The molecule has 0 unspecified atom stereocenters. The maximum atomic E-state index is 13.3. The van der Waals surface area contributed by atoms with Gasteiger partial charge >= 0.3 is 5.97 Å². The van der Waals surface area contributed by atoms with Crippen LogP contribution >= 0.6 is 23.4 Å². The third-order valence-corrected chi connectivity index (χ3v) is 11.8. The summed E-state index contributed by atoms with van der Waals surface area (Å²) >= 11 is 7.41. The first-order chi connectivity index (χ1) is 15.0. The minimum atomic E-state index is -3.45. The van der Waals surface area contributed by atoms with Gasteiger partial charge in [0, 0.05) is 35.0 Å². The van der Waals surface area contributed by atoms with Crippen LogP contribution < -0.4 is 5.32 Å². The lowest BCUT2D eigenvalue weighted by Crippen LogP contribution is -2.50. The number of hydrogen-bond acceptors (Lipinski definition) is 6. The van der Waals surface area contributed by atoms with E-state index in [1.807, 2.05) is 26.0 Å². The van der Waals surface area contributed by atoms with Gasteiger partial charge in [0.05, 0.1) is 5.75 Å². The third-order valence-electron chi connectivity index (χ3n) is 8.08. The Morgan fingerprint density at radius 3 is 2.41 bits per heavy atom. The van der Waals surface area contributed by atoms with Crippen molar-refractivity contribution in [3.05, 3.63) is 29.3 Å². The van der Waals surface area contributed by atoms with Gasteiger partial charge in [-0.2, -0.15) is 0 Å². The summed E-state index contributed by atoms with van der Waals surface area (Å²) in [4.78, 5) is 13.4. The van der Waals surface area contributed by atoms with Gasteiger partial charge in [0.1, 0.15) is 6.10 Å². The fourth-order valence-corrected chi connectivity index (χ4v) is 9.28. The molecule has 2 aliphatic carbocycles. The second kappa shape index (κ2) is 8.45. The number of carbonyl (C=O) groups excluding carboxylic acids is 1. The standard InChI is InChI=1S/C23H33ClN2O4S2/c1-5-26(6-2)32(28,29)15-22-12-11-16(21(22,3)4)13-19(22)30-20(27)23(14-25-23)31-18-9-7-17(24)8-10-18/h7-10,16,19,25H,5-6,11-15H2,1-4H3/t16-,19-,22-,23+/m1/s1. The number of hydrogen-bond donors (Lipinski definition) is 1. The summed E-state index contributed by atoms with van der Waals surface area (Å²) in [6.45, 7) is 9.48. The molecule has 1 saturated heterocycles. The maximum Gasteiger partial charge on any atom is 0.338 e. The zero-order valence-electron chi connectivity index (χ0n) is 19.2. The smallest absolute Gasteiger partial charge is 0.338 e. The number of nitrogens with one attached hydrogen (secondary N) is 1. The van der Waals surface area contributed by atoms with Crippen molar-refractivity contribution < 1.29 is 17.9 Å². The lowest BCUT2D eigenvalue weighted by atomic mass is 9.69. The summed E-state index contributed by atoms with van der Waals surface area (Å²) in [5.41, 5.74) is -0.762. The van der Waals surface area contributed by atoms with Gasteiger partial charge in [0.25, 0.3) is 0 Å². The van der Waals surface area contributed by atoms with Crippen molar-refractivity contribution in [3.8, 4) is 0 Å². The molecule has 178 valence electrons. The molecule has 2 saturated carbocycles. The van der Waals surface area contributed by atoms with Crippen LogP contribution in [0.4, 0.5) is 0 Å². The van der Waals surface area contributed by atoms with E-state index < -0.39 is 20.3 Å². The van der Waals surface area contributed by atoms with E-state index in [2.05, 4.69) is 19.2 Å². The Morgan fingerprint density at radius 1 is 1.25 bits per heavy atom. The van der Waals surface area contributed by atoms with Gasteiger partial charge in [-0.05, 0) is 54.9 Å². The van der Waals surface area contributed by atoms with Crippen LogP contribution in [0.2, 0.25) is 5.02 Å². The fourth-order valence-electron chi connectivity index (χ4n) is 5.81. The number of rotatable bonds is 9. The van der Waals surface area contributed by atoms with E-state index in [4.69, 9.17) is 16.3 Å². The summed E-state index contributed by atoms with van der Waals surface area (Å²) in [6.07, 6.45) is 2.10. The highest BCUT2D eigenvalue weighted by molar-refractivity contribution is 8.01. The van der Waals surface area contributed by atoms with Gasteiger partial charge in [-0.1, -0.05) is 51.1 Å². The van der Waals surface area contributed by atoms with Crippen LogP contribution in [0.5, 0.6) is 0 Å². The number of esters is 1. The molecular weight excluding hydrogens is 468 g/mol. The third kappa shape index (κ3) is 4.00. The number of sulfonamides is 1. The maximum absolute atomic E-state index is 13.3. The van der Waals surface area contributed by atoms with E-state index in [0.717, 1.165) is 24.2 Å². The molecule has 3 aliphatic rings. The Balaban J connectivity index is 1.55. The Labute approximate surface area is 200 Å². The summed E-state index contributed by atoms with van der Waals surface area (Å²) in [7, 11) is -3.45. The van der Waals surface area contributed by atoms with E-state index in [1.165, 1.54) is 16.1 Å². The predicted octanol–water partition coefficient (Wildman–Crippen LogP) is 4.14. The van der Waals surface area contributed by atoms with E-state index in [0.29, 0.717) is 30.6 Å². The number of carbonyl (C=O) groups is 1. The molecule has 0 aromatic heterocycles. The number of ether oxygens (including phenoxy) is 1. The monoisotopic (exact) mass is 500 g/mol. The molecule has 0 radical (unpaired) electrons. The van der Waals surface area contributed by atoms with Gasteiger partial charge < -0.3 is 4.74 Å². The summed E-state index contributed by atoms with van der Waals surface area (Å²) in [5.74, 6) is 0.0955. The molecule has 4 rings (SSSR count). The summed E-state index contributed by atoms with van der Waals surface area (Å²) < 4.78 is 34.3. The topological polar surface area (TPSA) is 85.6 Å². The van der Waals surface area contributed by atoms with Gasteiger partial charge in [-0.25, -0.2) is 17.5 Å². The van der Waals surface area contributed by atoms with E-state index in [9.17, 15) is 13.2 Å². The molecule has 2 bridgehead atoms. The van der Waals surface area contributed by atoms with Gasteiger partial charge in [-0.3, -0.25) is 5.32 Å². The quantitative estimate of drug-likeness (QED) is 0.405. The minimum absolute atomic E-state index is 0.0356. The van der Waals surface area contributed by atoms with Crippen molar-refractivity contribution in [3.63, 3.8) is 0 Å². The normalized spacial score (nSPS) is 32.9. The Kier molecular flexibility index (Phi) is 6.42. The predicted molar refractivity (Wildman–Crippen MR) is 128 cm³/mol. The molecule has 1 aromatic carbocycles. The van der Waals surface area contributed by atoms with Gasteiger partial charge in [0.15, 0.2) is 4.87 Å². The first-order valence-electron chi connectivity index (χ1n) is 11.4. The van der Waals surface area contributed by atoms with Crippen LogP contribution in [0.25, 0.3) is 0 Å². The second-order valence-electron chi connectivity index (χ2n) is 9.82. The molecule has 3 fully saturated rings. The van der Waals surface area contributed by atoms with Gasteiger partial charge in [-0.15, -0.1) is 0 Å². The molecule has 32 heavy (non-hydrogen) atoms. The summed E-state index contributed by atoms with van der Waals surface area (Å²) in [5, 5.41) is 3.82. The van der Waals surface area contributed by atoms with Gasteiger partial charge in [0.2, 0.25) is 10.0 Å². The number of thioether (sulfide) groups is 1. The zero-order valence-corrected chi connectivity index (χ0v) is 21.6. The molecule has 1 heterocycles. The molecule has 0 amide bonds. The first kappa shape index (κ1) is 24.3. The van der Waals surface area contributed by atoms with E-state index in [1.54, 1.807) is 12.1 Å². The molecule has 1 N–H and O–H groups in total. The molecule has 1 aromatic rings. The Bertz CT molecular complexity index is 974. The average Bonchev–Trinajstić information content (AvgIpc) is 3.43. The van der Waals surface area contributed by atoms with Crippen LogP contribution in [0.3, 0.4) is 0 Å². The molecule has 0 spiro atoms. The fraction of sp³-hybridized carbons (Fsp3) is 0.696. The lowest BCUT2D eigenvalue weighted by Gasteiger charge is -2.42. The number of nitrogens with zero attached hydrogens (tertiary/aromatic N) is 1. The Morgan fingerprint density at radius 2 is 1.88 bits per heavy atom. The van der Waals surface area contributed by atoms with Crippen LogP contribution in [0.15, 0.2) is 29.2 Å². The molecule has 4 atom stereocenters. The molecule has 6 nitrogen and oxygen atoms in total. The first-order valence-corrected chi connectivity index (χ1v) is 14.2. The van der Waals surface area contributed by atoms with Crippen LogP contribution in [0.1, 0.15) is 47.0 Å². The lowest BCUT2D eigenvalue weighted by molar-refractivity contribution is -0.157. The van der Waals surface area contributed by atoms with E-state index >= 15 is 0 Å². The number of benzene rings is 1.